The van der Waals surface area contributed by atoms with E-state index in [1.807, 2.05) is 0 Å². The highest BCUT2D eigenvalue weighted by atomic mass is 17.2. The van der Waals surface area contributed by atoms with Crippen LogP contribution >= 0.6 is 0 Å². The van der Waals surface area contributed by atoms with E-state index in [1.165, 1.54) is 7.11 Å². The van der Waals surface area contributed by atoms with Gasteiger partial charge >= 0.3 is 5.97 Å². The summed E-state index contributed by atoms with van der Waals surface area (Å²) in [5, 5.41) is 8.61. The second-order valence-corrected chi connectivity index (χ2v) is 3.04. The molecule has 15 heavy (non-hydrogen) atoms. The molecule has 1 aromatic carbocycles. The number of carboxylic acid groups (broad SMARTS) is 1. The van der Waals surface area contributed by atoms with Gasteiger partial charge in [-0.2, -0.15) is 4.89 Å². The lowest BCUT2D eigenvalue weighted by atomic mass is 10.1. The number of aliphatic carboxylic acids is 1. The fourth-order valence-electron chi connectivity index (χ4n) is 1.12. The Hall–Kier alpha value is -1.59. The van der Waals surface area contributed by atoms with Gasteiger partial charge in [0.2, 0.25) is 0 Å². The zero-order valence-electron chi connectivity index (χ0n) is 8.34. The molecule has 1 aromatic rings. The van der Waals surface area contributed by atoms with Gasteiger partial charge in [0.05, 0.1) is 7.11 Å². The summed E-state index contributed by atoms with van der Waals surface area (Å²) in [5.74, 6) is -0.447. The molecule has 82 valence electrons. The third-order valence-corrected chi connectivity index (χ3v) is 1.88. The highest BCUT2D eigenvalue weighted by Crippen LogP contribution is 2.13. The molecule has 5 heteroatoms. The molecule has 1 unspecified atom stereocenters. The number of benzene rings is 1. The average molecular weight is 211 g/mol. The van der Waals surface area contributed by atoms with E-state index in [1.54, 1.807) is 24.3 Å². The molecule has 0 saturated carbocycles. The maximum Gasteiger partial charge on any atom is 0.320 e. The first-order chi connectivity index (χ1) is 7.13. The van der Waals surface area contributed by atoms with Gasteiger partial charge in [-0.25, -0.2) is 0 Å². The van der Waals surface area contributed by atoms with Crippen molar-refractivity contribution >= 4 is 5.97 Å². The van der Waals surface area contributed by atoms with Crippen molar-refractivity contribution in [3.8, 4) is 5.75 Å². The van der Waals surface area contributed by atoms with E-state index in [-0.39, 0.29) is 0 Å². The highest BCUT2D eigenvalue weighted by molar-refractivity contribution is 5.73. The van der Waals surface area contributed by atoms with E-state index >= 15 is 0 Å². The largest absolute Gasteiger partial charge is 0.480 e. The SMILES string of the molecule is COOc1ccc(CC(N)C(=O)O)cc1. The molecule has 3 N–H and O–H groups in total. The Morgan fingerprint density at radius 2 is 2.07 bits per heavy atom. The molecule has 0 aliphatic carbocycles. The first-order valence-corrected chi connectivity index (χ1v) is 4.41. The smallest absolute Gasteiger partial charge is 0.320 e. The Bertz CT molecular complexity index is 323. The van der Waals surface area contributed by atoms with E-state index in [9.17, 15) is 4.79 Å². The van der Waals surface area contributed by atoms with Crippen LogP contribution in [0.3, 0.4) is 0 Å². The molecule has 0 aliphatic heterocycles. The van der Waals surface area contributed by atoms with Crippen LogP contribution in [0.25, 0.3) is 0 Å². The molecule has 0 radical (unpaired) electrons. The molecule has 1 rings (SSSR count). The summed E-state index contributed by atoms with van der Waals surface area (Å²) >= 11 is 0. The summed E-state index contributed by atoms with van der Waals surface area (Å²) in [7, 11) is 1.41. The van der Waals surface area contributed by atoms with Gasteiger partial charge < -0.3 is 15.7 Å². The van der Waals surface area contributed by atoms with Crippen LogP contribution in [0.1, 0.15) is 5.56 Å². The second-order valence-electron chi connectivity index (χ2n) is 3.04. The van der Waals surface area contributed by atoms with Crippen molar-refractivity contribution in [3.63, 3.8) is 0 Å². The molecule has 5 nitrogen and oxygen atoms in total. The average Bonchev–Trinajstić information content (AvgIpc) is 2.21. The summed E-state index contributed by atoms with van der Waals surface area (Å²) in [6.45, 7) is 0. The van der Waals surface area contributed by atoms with Crippen molar-refractivity contribution in [1.82, 2.24) is 0 Å². The molecule has 0 heterocycles. The minimum atomic E-state index is -1.01. The normalized spacial score (nSPS) is 12.1. The summed E-state index contributed by atoms with van der Waals surface area (Å²) < 4.78 is 0. The summed E-state index contributed by atoms with van der Waals surface area (Å²) in [6, 6.07) is 5.99. The van der Waals surface area contributed by atoms with Crippen LogP contribution in [-0.2, 0) is 16.1 Å². The Balaban J connectivity index is 2.60. The lowest BCUT2D eigenvalue weighted by Crippen LogP contribution is -2.32. The van der Waals surface area contributed by atoms with Gasteiger partial charge in [0.15, 0.2) is 5.75 Å². The van der Waals surface area contributed by atoms with Gasteiger partial charge in [-0.05, 0) is 24.1 Å². The van der Waals surface area contributed by atoms with Crippen molar-refractivity contribution in [1.29, 1.82) is 0 Å². The van der Waals surface area contributed by atoms with Crippen molar-refractivity contribution in [3.05, 3.63) is 29.8 Å². The lowest BCUT2D eigenvalue weighted by molar-refractivity contribution is -0.178. The van der Waals surface area contributed by atoms with Gasteiger partial charge in [-0.15, -0.1) is 0 Å². The maximum absolute atomic E-state index is 10.5. The van der Waals surface area contributed by atoms with E-state index in [2.05, 4.69) is 4.89 Å². The number of hydrogen-bond donors (Lipinski definition) is 2. The van der Waals surface area contributed by atoms with Gasteiger partial charge in [-0.3, -0.25) is 4.79 Å². The number of hydrogen-bond acceptors (Lipinski definition) is 4. The number of carbonyl (C=O) groups is 1. The van der Waals surface area contributed by atoms with E-state index in [0.717, 1.165) is 5.56 Å². The fraction of sp³-hybridized carbons (Fsp3) is 0.300. The molecule has 0 spiro atoms. The molecule has 0 bridgehead atoms. The van der Waals surface area contributed by atoms with Gasteiger partial charge in [0.1, 0.15) is 6.04 Å². The Labute approximate surface area is 87.3 Å². The summed E-state index contributed by atoms with van der Waals surface area (Å²) in [5.41, 5.74) is 6.23. The molecule has 1 atom stereocenters. The molecule has 0 amide bonds. The van der Waals surface area contributed by atoms with Crippen LogP contribution in [0.15, 0.2) is 24.3 Å². The van der Waals surface area contributed by atoms with Gasteiger partial charge in [-0.1, -0.05) is 12.1 Å². The Morgan fingerprint density at radius 3 is 2.53 bits per heavy atom. The topological polar surface area (TPSA) is 81.8 Å². The molecular formula is C10H13NO4. The van der Waals surface area contributed by atoms with Crippen LogP contribution in [0, 0.1) is 0 Å². The van der Waals surface area contributed by atoms with Crippen molar-refractivity contribution in [2.24, 2.45) is 5.73 Å². The molecule has 0 fully saturated rings. The monoisotopic (exact) mass is 211 g/mol. The van der Waals surface area contributed by atoms with Crippen molar-refractivity contribution in [2.75, 3.05) is 7.11 Å². The minimum Gasteiger partial charge on any atom is -0.480 e. The van der Waals surface area contributed by atoms with Crippen LogP contribution in [0.5, 0.6) is 5.75 Å². The van der Waals surface area contributed by atoms with Gasteiger partial charge in [0.25, 0.3) is 0 Å². The fourth-order valence-corrected chi connectivity index (χ4v) is 1.12. The van der Waals surface area contributed by atoms with E-state index in [0.29, 0.717) is 12.2 Å². The molecule has 0 aromatic heterocycles. The number of rotatable bonds is 5. The lowest BCUT2D eigenvalue weighted by Gasteiger charge is -2.06. The van der Waals surface area contributed by atoms with Crippen LogP contribution in [0.4, 0.5) is 0 Å². The van der Waals surface area contributed by atoms with Crippen LogP contribution in [0.2, 0.25) is 0 Å². The second kappa shape index (κ2) is 5.33. The predicted octanol–water partition coefficient (Wildman–Crippen LogP) is 0.581. The van der Waals surface area contributed by atoms with Crippen molar-refractivity contribution in [2.45, 2.75) is 12.5 Å². The first-order valence-electron chi connectivity index (χ1n) is 4.41. The highest BCUT2D eigenvalue weighted by Gasteiger charge is 2.11. The number of carboxylic acids is 1. The molecule has 0 saturated heterocycles. The molecule has 0 aliphatic rings. The zero-order valence-corrected chi connectivity index (χ0v) is 8.34. The van der Waals surface area contributed by atoms with E-state index in [4.69, 9.17) is 15.7 Å². The standard InChI is InChI=1S/C10H13NO4/c1-14-15-8-4-2-7(3-5-8)6-9(11)10(12)13/h2-5,9H,6,11H2,1H3,(H,12,13). The Morgan fingerprint density at radius 1 is 1.47 bits per heavy atom. The Kier molecular flexibility index (Phi) is 4.08. The first kappa shape index (κ1) is 11.5. The quantitative estimate of drug-likeness (QED) is 0.550. The van der Waals surface area contributed by atoms with Crippen LogP contribution < -0.4 is 10.6 Å². The summed E-state index contributed by atoms with van der Waals surface area (Å²) in [6.07, 6.45) is 0.294. The minimum absolute atomic E-state index is 0.294. The predicted molar refractivity (Wildman–Crippen MR) is 53.4 cm³/mol. The third-order valence-electron chi connectivity index (χ3n) is 1.88. The third kappa shape index (κ3) is 3.57. The maximum atomic E-state index is 10.5. The molecular weight excluding hydrogens is 198 g/mol. The number of nitrogens with two attached hydrogens (primary N) is 1. The van der Waals surface area contributed by atoms with Gasteiger partial charge in [0, 0.05) is 0 Å². The zero-order chi connectivity index (χ0) is 11.3. The van der Waals surface area contributed by atoms with Crippen molar-refractivity contribution < 1.29 is 19.7 Å². The summed E-state index contributed by atoms with van der Waals surface area (Å²) in [4.78, 5) is 19.7. The van der Waals surface area contributed by atoms with E-state index < -0.39 is 12.0 Å². The van der Waals surface area contributed by atoms with Crippen LogP contribution in [-0.4, -0.2) is 24.2 Å².